The van der Waals surface area contributed by atoms with Gasteiger partial charge in [-0.2, -0.15) is 5.10 Å². The Balaban J connectivity index is 2.11. The van der Waals surface area contributed by atoms with Gasteiger partial charge in [0.05, 0.1) is 11.2 Å². The standard InChI is InChI=1S/C10H12N4OS/c1-3-7-4-8(14-13-7)12-10(15)9-6(2)11-5-16-9/h4-5H,3H2,1-2H3,(H2,12,13,14,15). The van der Waals surface area contributed by atoms with Crippen LogP contribution in [0.4, 0.5) is 5.82 Å². The molecule has 84 valence electrons. The molecule has 6 heteroatoms. The summed E-state index contributed by atoms with van der Waals surface area (Å²) in [4.78, 5) is 16.5. The third-order valence-corrected chi connectivity index (χ3v) is 3.13. The number of hydrogen-bond donors (Lipinski definition) is 2. The minimum atomic E-state index is -0.158. The zero-order chi connectivity index (χ0) is 11.5. The van der Waals surface area contributed by atoms with Gasteiger partial charge < -0.3 is 5.32 Å². The third-order valence-electron chi connectivity index (χ3n) is 2.21. The third kappa shape index (κ3) is 2.11. The summed E-state index contributed by atoms with van der Waals surface area (Å²) in [5.74, 6) is 0.392. The van der Waals surface area contributed by atoms with Crippen LogP contribution < -0.4 is 5.32 Å². The first-order valence-corrected chi connectivity index (χ1v) is 5.84. The summed E-state index contributed by atoms with van der Waals surface area (Å²) in [5.41, 5.74) is 3.40. The second-order valence-electron chi connectivity index (χ2n) is 3.35. The largest absolute Gasteiger partial charge is 0.304 e. The highest BCUT2D eigenvalue weighted by molar-refractivity contribution is 7.12. The molecule has 2 N–H and O–H groups in total. The fourth-order valence-corrected chi connectivity index (χ4v) is 2.00. The molecule has 0 radical (unpaired) electrons. The Morgan fingerprint density at radius 3 is 3.00 bits per heavy atom. The van der Waals surface area contributed by atoms with E-state index in [4.69, 9.17) is 0 Å². The van der Waals surface area contributed by atoms with E-state index in [0.717, 1.165) is 17.8 Å². The number of thiazole rings is 1. The van der Waals surface area contributed by atoms with Gasteiger partial charge in [-0.05, 0) is 13.3 Å². The monoisotopic (exact) mass is 236 g/mol. The SMILES string of the molecule is CCc1cc(NC(=O)c2scnc2C)n[nH]1. The van der Waals surface area contributed by atoms with Crippen LogP contribution in [0, 0.1) is 6.92 Å². The van der Waals surface area contributed by atoms with Crippen LogP contribution in [0.2, 0.25) is 0 Å². The quantitative estimate of drug-likeness (QED) is 0.856. The van der Waals surface area contributed by atoms with Crippen molar-refractivity contribution in [1.82, 2.24) is 15.2 Å². The lowest BCUT2D eigenvalue weighted by atomic mass is 10.3. The molecular weight excluding hydrogens is 224 g/mol. The van der Waals surface area contributed by atoms with Gasteiger partial charge in [0.25, 0.3) is 5.91 Å². The van der Waals surface area contributed by atoms with E-state index in [1.54, 1.807) is 5.51 Å². The van der Waals surface area contributed by atoms with Gasteiger partial charge >= 0.3 is 0 Å². The molecule has 16 heavy (non-hydrogen) atoms. The first-order chi connectivity index (χ1) is 7.70. The highest BCUT2D eigenvalue weighted by Crippen LogP contribution is 2.14. The van der Waals surface area contributed by atoms with Crippen molar-refractivity contribution < 1.29 is 4.79 Å². The molecule has 0 aliphatic rings. The predicted octanol–water partition coefficient (Wildman–Crippen LogP) is 1.99. The molecule has 0 aromatic carbocycles. The summed E-state index contributed by atoms with van der Waals surface area (Å²) < 4.78 is 0. The Bertz CT molecular complexity index is 502. The van der Waals surface area contributed by atoms with Gasteiger partial charge in [0.2, 0.25) is 0 Å². The number of rotatable bonds is 3. The topological polar surface area (TPSA) is 70.7 Å². The number of amides is 1. The Hall–Kier alpha value is -1.69. The molecule has 0 aliphatic carbocycles. The van der Waals surface area contributed by atoms with E-state index in [-0.39, 0.29) is 5.91 Å². The molecule has 0 spiro atoms. The van der Waals surface area contributed by atoms with Crippen molar-refractivity contribution >= 4 is 23.1 Å². The Kier molecular flexibility index (Phi) is 3.00. The van der Waals surface area contributed by atoms with Crippen LogP contribution in [0.3, 0.4) is 0 Å². The van der Waals surface area contributed by atoms with E-state index >= 15 is 0 Å². The van der Waals surface area contributed by atoms with Crippen LogP contribution >= 0.6 is 11.3 Å². The van der Waals surface area contributed by atoms with E-state index in [0.29, 0.717) is 10.7 Å². The molecule has 0 fully saturated rings. The highest BCUT2D eigenvalue weighted by atomic mass is 32.1. The first kappa shape index (κ1) is 10.8. The van der Waals surface area contributed by atoms with Crippen LogP contribution in [0.1, 0.15) is 28.0 Å². The fraction of sp³-hybridized carbons (Fsp3) is 0.300. The summed E-state index contributed by atoms with van der Waals surface area (Å²) in [5, 5.41) is 9.57. The molecule has 2 heterocycles. The second-order valence-corrected chi connectivity index (χ2v) is 4.21. The van der Waals surface area contributed by atoms with Gasteiger partial charge in [-0.3, -0.25) is 9.89 Å². The maximum absolute atomic E-state index is 11.8. The zero-order valence-electron chi connectivity index (χ0n) is 9.07. The number of hydrogen-bond acceptors (Lipinski definition) is 4. The molecule has 5 nitrogen and oxygen atoms in total. The lowest BCUT2D eigenvalue weighted by molar-refractivity contribution is 0.102. The van der Waals surface area contributed by atoms with Crippen LogP contribution in [0.15, 0.2) is 11.6 Å². The van der Waals surface area contributed by atoms with Crippen molar-refractivity contribution in [3.05, 3.63) is 27.8 Å². The Labute approximate surface area is 96.9 Å². The molecule has 1 amide bonds. The molecule has 2 aromatic rings. The average Bonchev–Trinajstić information content (AvgIpc) is 2.86. The number of aromatic nitrogens is 3. The molecule has 2 aromatic heterocycles. The van der Waals surface area contributed by atoms with E-state index in [2.05, 4.69) is 20.5 Å². The van der Waals surface area contributed by atoms with E-state index in [9.17, 15) is 4.79 Å². The summed E-state index contributed by atoms with van der Waals surface area (Å²) in [6.45, 7) is 3.83. The number of H-pyrrole nitrogens is 1. The molecule has 0 aliphatic heterocycles. The van der Waals surface area contributed by atoms with E-state index in [1.807, 2.05) is 19.9 Å². The fourth-order valence-electron chi connectivity index (χ4n) is 1.30. The number of carbonyl (C=O) groups is 1. The normalized spacial score (nSPS) is 10.4. The first-order valence-electron chi connectivity index (χ1n) is 4.96. The Morgan fingerprint density at radius 1 is 1.62 bits per heavy atom. The number of carbonyl (C=O) groups excluding carboxylic acids is 1. The molecule has 0 bridgehead atoms. The summed E-state index contributed by atoms with van der Waals surface area (Å²) >= 11 is 1.33. The highest BCUT2D eigenvalue weighted by Gasteiger charge is 2.12. The summed E-state index contributed by atoms with van der Waals surface area (Å²) in [7, 11) is 0. The average molecular weight is 236 g/mol. The molecule has 0 saturated heterocycles. The van der Waals surface area contributed by atoms with Gasteiger partial charge in [0.15, 0.2) is 5.82 Å². The second kappa shape index (κ2) is 4.44. The van der Waals surface area contributed by atoms with Crippen LogP contribution in [0.25, 0.3) is 0 Å². The predicted molar refractivity (Wildman–Crippen MR) is 62.8 cm³/mol. The van der Waals surface area contributed by atoms with Crippen molar-refractivity contribution in [3.63, 3.8) is 0 Å². The zero-order valence-corrected chi connectivity index (χ0v) is 9.89. The number of nitrogens with zero attached hydrogens (tertiary/aromatic N) is 2. The van der Waals surface area contributed by atoms with Crippen molar-refractivity contribution in [3.8, 4) is 0 Å². The number of aromatic amines is 1. The number of nitrogens with one attached hydrogen (secondary N) is 2. The molecule has 2 rings (SSSR count). The molecule has 0 atom stereocenters. The smallest absolute Gasteiger partial charge is 0.268 e. The van der Waals surface area contributed by atoms with E-state index < -0.39 is 0 Å². The molecular formula is C10H12N4OS. The van der Waals surface area contributed by atoms with Gasteiger partial charge in [0, 0.05) is 11.8 Å². The van der Waals surface area contributed by atoms with Crippen molar-refractivity contribution in [2.24, 2.45) is 0 Å². The number of aryl methyl sites for hydroxylation is 2. The van der Waals surface area contributed by atoms with Crippen molar-refractivity contribution in [2.45, 2.75) is 20.3 Å². The van der Waals surface area contributed by atoms with Gasteiger partial charge in [-0.25, -0.2) is 4.98 Å². The summed E-state index contributed by atoms with van der Waals surface area (Å²) in [6, 6.07) is 1.83. The van der Waals surface area contributed by atoms with Crippen LogP contribution in [0.5, 0.6) is 0 Å². The van der Waals surface area contributed by atoms with Crippen LogP contribution in [-0.2, 0) is 6.42 Å². The molecule has 0 saturated carbocycles. The maximum atomic E-state index is 11.8. The summed E-state index contributed by atoms with van der Waals surface area (Å²) in [6.07, 6.45) is 0.864. The van der Waals surface area contributed by atoms with Gasteiger partial charge in [-0.1, -0.05) is 6.92 Å². The Morgan fingerprint density at radius 2 is 2.44 bits per heavy atom. The van der Waals surface area contributed by atoms with Gasteiger partial charge in [0.1, 0.15) is 4.88 Å². The van der Waals surface area contributed by atoms with Crippen LogP contribution in [-0.4, -0.2) is 21.1 Å². The van der Waals surface area contributed by atoms with Gasteiger partial charge in [-0.15, -0.1) is 11.3 Å². The minimum Gasteiger partial charge on any atom is -0.304 e. The molecule has 0 unspecified atom stereocenters. The lowest BCUT2D eigenvalue weighted by Gasteiger charge is -1.98. The minimum absolute atomic E-state index is 0.158. The lowest BCUT2D eigenvalue weighted by Crippen LogP contribution is -2.11. The number of anilines is 1. The van der Waals surface area contributed by atoms with Crippen molar-refractivity contribution in [2.75, 3.05) is 5.32 Å². The van der Waals surface area contributed by atoms with E-state index in [1.165, 1.54) is 11.3 Å². The van der Waals surface area contributed by atoms with Crippen molar-refractivity contribution in [1.29, 1.82) is 0 Å². The maximum Gasteiger partial charge on any atom is 0.268 e.